The fourth-order valence-corrected chi connectivity index (χ4v) is 19.5. The summed E-state index contributed by atoms with van der Waals surface area (Å²) >= 11 is 3.76. The molecule has 0 saturated carbocycles. The molecular weight excluding hydrogens is 1570 g/mol. The van der Waals surface area contributed by atoms with E-state index in [1.165, 1.54) is 143 Å². The van der Waals surface area contributed by atoms with Crippen LogP contribution in [0.15, 0.2) is 466 Å². The van der Waals surface area contributed by atoms with Gasteiger partial charge in [-0.25, -0.2) is 0 Å². The number of hydrogen-bond donors (Lipinski definition) is 1. The lowest BCUT2D eigenvalue weighted by molar-refractivity contribution is 0.467. The number of benzene rings is 22. The second kappa shape index (κ2) is 33.0. The van der Waals surface area contributed by atoms with Crippen LogP contribution >= 0.6 is 15.9 Å². The Labute approximate surface area is 730 Å². The summed E-state index contributed by atoms with van der Waals surface area (Å²) in [6.45, 7) is 0. The molecular formula is C119H83BrN2O2. The van der Waals surface area contributed by atoms with Gasteiger partial charge in [0.15, 0.2) is 0 Å². The minimum absolute atomic E-state index is 0. The quantitative estimate of drug-likeness (QED) is 0.131. The average molecular weight is 1650 g/mol. The van der Waals surface area contributed by atoms with Gasteiger partial charge in [0.2, 0.25) is 0 Å². The van der Waals surface area contributed by atoms with E-state index in [0.717, 1.165) is 77.5 Å². The predicted molar refractivity (Wildman–Crippen MR) is 528 cm³/mol. The molecule has 0 aromatic heterocycles. The number of anilines is 5. The van der Waals surface area contributed by atoms with E-state index in [-0.39, 0.29) is 19.3 Å². The van der Waals surface area contributed by atoms with E-state index in [4.69, 9.17) is 9.47 Å². The van der Waals surface area contributed by atoms with Gasteiger partial charge < -0.3 is 19.7 Å². The minimum atomic E-state index is -0.134. The Morgan fingerprint density at radius 1 is 0.194 bits per heavy atom. The maximum absolute atomic E-state index is 7.37. The average Bonchev–Trinajstić information content (AvgIpc) is 0.704. The highest BCUT2D eigenvalue weighted by molar-refractivity contribution is 9.10. The highest BCUT2D eigenvalue weighted by Gasteiger charge is 2.38. The Balaban J connectivity index is 0.000000126. The van der Waals surface area contributed by atoms with Crippen molar-refractivity contribution in [2.45, 2.75) is 19.3 Å². The molecule has 5 heteroatoms. The molecule has 0 atom stereocenters. The zero-order chi connectivity index (χ0) is 81.7. The third kappa shape index (κ3) is 13.9. The monoisotopic (exact) mass is 1650 g/mol. The summed E-state index contributed by atoms with van der Waals surface area (Å²) in [7, 11) is 0. The number of nitrogens with zero attached hydrogens (tertiary/aromatic N) is 1. The molecule has 0 saturated heterocycles. The molecule has 0 bridgehead atoms. The summed E-state index contributed by atoms with van der Waals surface area (Å²) in [5, 5.41) is 22.7. The first-order valence-electron chi connectivity index (χ1n) is 42.1. The van der Waals surface area contributed by atoms with E-state index in [9.17, 15) is 0 Å². The van der Waals surface area contributed by atoms with Crippen LogP contribution in [0.5, 0.6) is 23.0 Å². The topological polar surface area (TPSA) is 33.7 Å². The number of rotatable bonds is 11. The van der Waals surface area contributed by atoms with E-state index in [1.807, 2.05) is 12.1 Å². The predicted octanol–water partition coefficient (Wildman–Crippen LogP) is 34.1. The van der Waals surface area contributed by atoms with Gasteiger partial charge in [-0.2, -0.15) is 0 Å². The summed E-state index contributed by atoms with van der Waals surface area (Å²) in [5.41, 5.74) is 22.5. The summed E-state index contributed by atoms with van der Waals surface area (Å²) in [6.07, 6.45) is 0. The van der Waals surface area contributed by atoms with Crippen LogP contribution in [0, 0.1) is 0 Å². The van der Waals surface area contributed by atoms with Crippen LogP contribution in [0.2, 0.25) is 0 Å². The highest BCUT2D eigenvalue weighted by Crippen LogP contribution is 2.60. The van der Waals surface area contributed by atoms with Crippen LogP contribution in [0.4, 0.5) is 28.4 Å². The van der Waals surface area contributed by atoms with Crippen LogP contribution in [0.3, 0.4) is 0 Å². The molecule has 22 aromatic carbocycles. The molecule has 2 aliphatic rings. The molecule has 0 aliphatic carbocycles. The largest absolute Gasteiger partial charge is 0.455 e. The van der Waals surface area contributed by atoms with Crippen molar-refractivity contribution >= 4 is 131 Å². The van der Waals surface area contributed by atoms with Crippen LogP contribution in [0.1, 0.15) is 52.6 Å². The number of ether oxygens (including phenoxy) is 2. The highest BCUT2D eigenvalue weighted by atomic mass is 79.9. The summed E-state index contributed by atoms with van der Waals surface area (Å²) in [5.74, 6) is 3.68. The van der Waals surface area contributed by atoms with Crippen LogP contribution in [-0.4, -0.2) is 0 Å². The van der Waals surface area contributed by atoms with Gasteiger partial charge in [0, 0.05) is 88.5 Å². The van der Waals surface area contributed by atoms with Crippen molar-refractivity contribution < 1.29 is 9.47 Å². The number of halogens is 1. The lowest BCUT2D eigenvalue weighted by Gasteiger charge is -2.34. The van der Waals surface area contributed by atoms with Crippen molar-refractivity contribution in [3.63, 3.8) is 0 Å². The molecule has 124 heavy (non-hydrogen) atoms. The summed E-state index contributed by atoms with van der Waals surface area (Å²) in [6, 6.07) is 165. The molecule has 588 valence electrons. The second-order valence-electron chi connectivity index (χ2n) is 31.7. The van der Waals surface area contributed by atoms with Crippen molar-refractivity contribution in [2.75, 3.05) is 10.2 Å². The lowest BCUT2D eigenvalue weighted by atomic mass is 9.76. The summed E-state index contributed by atoms with van der Waals surface area (Å²) < 4.78 is 15.5. The van der Waals surface area contributed by atoms with Crippen LogP contribution < -0.4 is 19.7 Å². The first kappa shape index (κ1) is 76.0. The van der Waals surface area contributed by atoms with Gasteiger partial charge in [-0.15, -0.1) is 0 Å². The van der Waals surface area contributed by atoms with Gasteiger partial charge in [0.25, 0.3) is 0 Å². The smallest absolute Gasteiger partial charge is 0.140 e. The van der Waals surface area contributed by atoms with Crippen molar-refractivity contribution in [2.24, 2.45) is 0 Å². The van der Waals surface area contributed by atoms with Gasteiger partial charge in [0.1, 0.15) is 23.0 Å². The van der Waals surface area contributed by atoms with Gasteiger partial charge >= 0.3 is 0 Å². The molecule has 0 unspecified atom stereocenters. The van der Waals surface area contributed by atoms with Crippen molar-refractivity contribution in [3.05, 3.63) is 499 Å². The van der Waals surface area contributed by atoms with Crippen molar-refractivity contribution in [1.29, 1.82) is 0 Å². The Morgan fingerprint density at radius 2 is 0.419 bits per heavy atom. The van der Waals surface area contributed by atoms with E-state index in [2.05, 4.69) is 475 Å². The molecule has 0 amide bonds. The van der Waals surface area contributed by atoms with Gasteiger partial charge in [-0.05, 0) is 193 Å². The molecule has 0 fully saturated rings. The third-order valence-electron chi connectivity index (χ3n) is 24.6. The normalized spacial score (nSPS) is 12.1. The summed E-state index contributed by atoms with van der Waals surface area (Å²) in [4.78, 5) is 2.39. The number of nitrogens with one attached hydrogen (secondary N) is 1. The minimum Gasteiger partial charge on any atom is -0.455 e. The Morgan fingerprint density at radius 3 is 0.702 bits per heavy atom. The van der Waals surface area contributed by atoms with Crippen LogP contribution in [-0.2, 0) is 0 Å². The van der Waals surface area contributed by atoms with E-state index in [0.29, 0.717) is 0 Å². The molecule has 24 rings (SSSR count). The molecule has 22 aromatic rings. The lowest BCUT2D eigenvalue weighted by Crippen LogP contribution is -2.15. The fraction of sp³-hybridized carbons (Fsp3) is 0.0252. The van der Waals surface area contributed by atoms with Gasteiger partial charge in [0.05, 0.1) is 0 Å². The zero-order valence-electron chi connectivity index (χ0n) is 67.2. The zero-order valence-corrected chi connectivity index (χ0v) is 68.8. The second-order valence-corrected chi connectivity index (χ2v) is 32.6. The Kier molecular flexibility index (Phi) is 20.2. The Hall–Kier alpha value is -15.4. The molecule has 0 spiro atoms. The maximum atomic E-state index is 7.37. The first-order chi connectivity index (χ1) is 61.0. The number of hydrogen-bond acceptors (Lipinski definition) is 4. The third-order valence-corrected chi connectivity index (χ3v) is 25.1. The first-order valence-corrected chi connectivity index (χ1v) is 42.9. The standard InChI is InChI=1S/C59H39NO.C35H21BrO.C24H19N.CH4/c1-3-16-39(17-4-1)41-30-34-44(35-31-41)60(45-36-32-42(33-37-45)40-18-5-2-6-19-40)46-21-15-20-43(38-46)55-56-51-26-11-7-22-47(51)49-24-9-13-28-53(49)58(56)61-59-54-29-14-10-25-50(54)48-23-8-12-27-52(48)57(55)59;36-22-11-9-10-21(20-22)31-32-27-16-5-1-12-23(27)25-14-3-7-18-29(25)34(32)37-35-30-19-8-4-15-26(30)24-13-2-6-17-28(24)33(31)35;1-3-7-19(8-4-1)21-11-15-23(16-12-21)25-24-17-13-22(14-18-24)20-9-5-2-6-10-20;/h1-38,55H;1-20,31H;1-18,25H;1H4. The van der Waals surface area contributed by atoms with Gasteiger partial charge in [-0.1, -0.05) is 412 Å². The molecule has 2 aliphatic heterocycles. The van der Waals surface area contributed by atoms with Crippen LogP contribution in [0.25, 0.3) is 131 Å². The maximum Gasteiger partial charge on any atom is 0.140 e. The molecule has 2 heterocycles. The van der Waals surface area contributed by atoms with E-state index < -0.39 is 0 Å². The van der Waals surface area contributed by atoms with Crippen molar-refractivity contribution in [1.82, 2.24) is 0 Å². The van der Waals surface area contributed by atoms with Gasteiger partial charge in [-0.3, -0.25) is 0 Å². The number of fused-ring (bicyclic) bond motifs is 24. The van der Waals surface area contributed by atoms with Crippen molar-refractivity contribution in [3.8, 4) is 67.5 Å². The van der Waals surface area contributed by atoms with E-state index in [1.54, 1.807) is 0 Å². The SMILES string of the molecule is Brc1cccc(C2c3c(c4ccccc4c4ccccc34)Oc3c2c2ccccc2c2ccccc32)c1.C.c1ccc(-c2ccc(N(c3ccc(-c4ccccc4)cc3)c3cccc(C4c5c(c6ccccc6c6ccccc56)Oc5c4c4ccccc4c4ccccc54)c3)cc2)cc1.c1ccc(-c2ccc(Nc3ccc(-c4ccccc4)cc3)cc2)cc1. The fourth-order valence-electron chi connectivity index (χ4n) is 19.1. The molecule has 4 nitrogen and oxygen atoms in total. The van der Waals surface area contributed by atoms with E-state index >= 15 is 0 Å². The molecule has 0 radical (unpaired) electrons. The molecule has 1 N–H and O–H groups in total. The Bertz CT molecular complexity index is 7340.